The number of nitrogens with one attached hydrogen (secondary N) is 3. The monoisotopic (exact) mass is 521 g/mol. The average molecular weight is 522 g/mol. The van der Waals surface area contributed by atoms with Crippen molar-refractivity contribution in [3.05, 3.63) is 119 Å². The van der Waals surface area contributed by atoms with Crippen molar-refractivity contribution in [3.8, 4) is 22.8 Å². The molecule has 0 unspecified atom stereocenters. The molecule has 5 rings (SSSR count). The Kier molecular flexibility index (Phi) is 7.10. The van der Waals surface area contributed by atoms with Crippen LogP contribution >= 0.6 is 12.2 Å². The van der Waals surface area contributed by atoms with Gasteiger partial charge >= 0.3 is 0 Å². The number of carbonyl (C=O) groups excluding carboxylic acids is 1. The van der Waals surface area contributed by atoms with Gasteiger partial charge in [0.15, 0.2) is 5.11 Å². The molecular weight excluding hydrogens is 498 g/mol. The van der Waals surface area contributed by atoms with Gasteiger partial charge in [-0.05, 0) is 60.7 Å². The van der Waals surface area contributed by atoms with E-state index in [2.05, 4.69) is 16.2 Å². The molecule has 0 atom stereocenters. The van der Waals surface area contributed by atoms with E-state index in [1.54, 1.807) is 54.1 Å². The normalized spacial score (nSPS) is 10.6. The van der Waals surface area contributed by atoms with Gasteiger partial charge in [0.2, 0.25) is 0 Å². The molecule has 0 radical (unpaired) electrons. The summed E-state index contributed by atoms with van der Waals surface area (Å²) in [5, 5.41) is 3.68. The van der Waals surface area contributed by atoms with Gasteiger partial charge in [0, 0.05) is 11.1 Å². The molecule has 8 nitrogen and oxygen atoms in total. The third kappa shape index (κ3) is 5.09. The summed E-state index contributed by atoms with van der Waals surface area (Å²) >= 11 is 5.27. The maximum atomic E-state index is 13.5. The number of benzene rings is 4. The van der Waals surface area contributed by atoms with Gasteiger partial charge in [-0.1, -0.05) is 54.6 Å². The second kappa shape index (κ2) is 10.9. The van der Waals surface area contributed by atoms with Crippen LogP contribution in [-0.4, -0.2) is 27.7 Å². The number of hydrogen-bond acceptors (Lipinski definition) is 5. The van der Waals surface area contributed by atoms with Crippen LogP contribution in [-0.2, 0) is 0 Å². The highest BCUT2D eigenvalue weighted by Gasteiger charge is 2.15. The van der Waals surface area contributed by atoms with E-state index in [0.29, 0.717) is 39.4 Å². The van der Waals surface area contributed by atoms with Gasteiger partial charge in [-0.25, -0.2) is 4.98 Å². The minimum atomic E-state index is -0.395. The van der Waals surface area contributed by atoms with Crippen LogP contribution in [0.1, 0.15) is 10.4 Å². The summed E-state index contributed by atoms with van der Waals surface area (Å²) in [6.07, 6.45) is 0. The molecule has 0 saturated carbocycles. The van der Waals surface area contributed by atoms with E-state index in [1.165, 1.54) is 0 Å². The van der Waals surface area contributed by atoms with Crippen molar-refractivity contribution in [2.75, 3.05) is 12.4 Å². The van der Waals surface area contributed by atoms with E-state index in [0.717, 1.165) is 5.56 Å². The number of hydrazine groups is 1. The fourth-order valence-electron chi connectivity index (χ4n) is 4.00. The number of hydrogen-bond donors (Lipinski definition) is 3. The van der Waals surface area contributed by atoms with Crippen LogP contribution in [0.5, 0.6) is 5.75 Å². The summed E-state index contributed by atoms with van der Waals surface area (Å²) in [5.41, 5.74) is 8.12. The summed E-state index contributed by atoms with van der Waals surface area (Å²) in [6, 6.07) is 30.7. The smallest absolute Gasteiger partial charge is 0.269 e. The van der Waals surface area contributed by atoms with E-state index in [4.69, 9.17) is 21.9 Å². The van der Waals surface area contributed by atoms with Crippen LogP contribution in [0.4, 0.5) is 5.69 Å². The van der Waals surface area contributed by atoms with Crippen molar-refractivity contribution in [1.29, 1.82) is 0 Å². The molecule has 0 aliphatic carbocycles. The summed E-state index contributed by atoms with van der Waals surface area (Å²) < 4.78 is 6.85. The predicted octanol–water partition coefficient (Wildman–Crippen LogP) is 4.69. The molecule has 188 valence electrons. The van der Waals surface area contributed by atoms with Crippen molar-refractivity contribution < 1.29 is 9.53 Å². The fourth-order valence-corrected chi connectivity index (χ4v) is 4.16. The summed E-state index contributed by atoms with van der Waals surface area (Å²) in [4.78, 5) is 31.0. The lowest BCUT2D eigenvalue weighted by molar-refractivity contribution is 0.0944. The molecule has 1 heterocycles. The quantitative estimate of drug-likeness (QED) is 0.228. The van der Waals surface area contributed by atoms with Gasteiger partial charge in [-0.15, -0.1) is 0 Å². The van der Waals surface area contributed by atoms with Crippen LogP contribution in [0, 0.1) is 0 Å². The summed E-state index contributed by atoms with van der Waals surface area (Å²) in [6.45, 7) is 0. The molecule has 0 bridgehead atoms. The van der Waals surface area contributed by atoms with E-state index in [1.807, 2.05) is 60.7 Å². The Bertz CT molecular complexity index is 1690. The average Bonchev–Trinajstić information content (AvgIpc) is 2.97. The highest BCUT2D eigenvalue weighted by atomic mass is 32.1. The van der Waals surface area contributed by atoms with Gasteiger partial charge in [0.05, 0.1) is 29.4 Å². The molecular formula is C29H23N5O3S. The Morgan fingerprint density at radius 3 is 2.29 bits per heavy atom. The Hall–Kier alpha value is -5.02. The van der Waals surface area contributed by atoms with Crippen molar-refractivity contribution in [1.82, 2.24) is 20.4 Å². The number of carbonyl (C=O) groups is 1. The molecule has 0 spiro atoms. The Morgan fingerprint density at radius 1 is 0.842 bits per heavy atom. The van der Waals surface area contributed by atoms with Crippen LogP contribution in [0.25, 0.3) is 28.0 Å². The zero-order valence-corrected chi connectivity index (χ0v) is 21.2. The van der Waals surface area contributed by atoms with Crippen molar-refractivity contribution >= 4 is 39.8 Å². The largest absolute Gasteiger partial charge is 0.495 e. The van der Waals surface area contributed by atoms with E-state index >= 15 is 0 Å². The molecule has 0 saturated heterocycles. The lowest BCUT2D eigenvalue weighted by Gasteiger charge is -2.15. The molecule has 0 fully saturated rings. The van der Waals surface area contributed by atoms with Gasteiger partial charge < -0.3 is 10.1 Å². The first-order chi connectivity index (χ1) is 18.5. The Labute approximate surface area is 223 Å². The van der Waals surface area contributed by atoms with Gasteiger partial charge in [0.25, 0.3) is 11.5 Å². The molecule has 3 N–H and O–H groups in total. The minimum Gasteiger partial charge on any atom is -0.495 e. The zero-order chi connectivity index (χ0) is 26.5. The second-order valence-corrected chi connectivity index (χ2v) is 8.65. The van der Waals surface area contributed by atoms with Gasteiger partial charge in [-0.3, -0.25) is 25.0 Å². The maximum absolute atomic E-state index is 13.5. The first-order valence-corrected chi connectivity index (χ1v) is 12.1. The number of fused-ring (bicyclic) bond motifs is 1. The molecule has 1 aromatic heterocycles. The molecule has 5 aromatic rings. The second-order valence-electron chi connectivity index (χ2n) is 8.24. The Morgan fingerprint density at radius 2 is 1.53 bits per heavy atom. The third-order valence-electron chi connectivity index (χ3n) is 5.84. The molecule has 9 heteroatoms. The summed E-state index contributed by atoms with van der Waals surface area (Å²) in [5.74, 6) is 0.737. The highest BCUT2D eigenvalue weighted by Crippen LogP contribution is 2.23. The topological polar surface area (TPSA) is 97.3 Å². The van der Waals surface area contributed by atoms with Crippen LogP contribution < -0.4 is 26.5 Å². The highest BCUT2D eigenvalue weighted by molar-refractivity contribution is 7.80. The molecule has 4 aromatic carbocycles. The standard InChI is InChI=1S/C29H23N5O3S/c1-37-25-14-8-7-13-24(25)31-29(38)33-32-27(35)20-15-17-21(18-16-20)34-26(19-9-3-2-4-10-19)30-23-12-6-5-11-22(23)28(34)36/h2-18H,1H3,(H,32,35)(H2,31,33,38). The summed E-state index contributed by atoms with van der Waals surface area (Å²) in [7, 11) is 1.56. The SMILES string of the molecule is COc1ccccc1NC(=S)NNC(=O)c1ccc(-n2c(-c3ccccc3)nc3ccccc3c2=O)cc1. The zero-order valence-electron chi connectivity index (χ0n) is 20.3. The number of ether oxygens (including phenoxy) is 1. The lowest BCUT2D eigenvalue weighted by atomic mass is 10.1. The van der Waals surface area contributed by atoms with Crippen LogP contribution in [0.2, 0.25) is 0 Å². The first-order valence-electron chi connectivity index (χ1n) is 11.7. The van der Waals surface area contributed by atoms with Crippen LogP contribution in [0.3, 0.4) is 0 Å². The number of methoxy groups -OCH3 is 1. The fraction of sp³-hybridized carbons (Fsp3) is 0.0345. The number of para-hydroxylation sites is 3. The number of anilines is 1. The van der Waals surface area contributed by atoms with Crippen molar-refractivity contribution in [2.24, 2.45) is 0 Å². The number of rotatable bonds is 5. The van der Waals surface area contributed by atoms with Crippen molar-refractivity contribution in [2.45, 2.75) is 0 Å². The number of nitrogens with zero attached hydrogens (tertiary/aromatic N) is 2. The van der Waals surface area contributed by atoms with Crippen LogP contribution in [0.15, 0.2) is 108 Å². The number of aromatic nitrogens is 2. The molecule has 0 aliphatic heterocycles. The van der Waals surface area contributed by atoms with E-state index in [-0.39, 0.29) is 10.7 Å². The third-order valence-corrected chi connectivity index (χ3v) is 6.04. The minimum absolute atomic E-state index is 0.193. The first kappa shape index (κ1) is 24.7. The maximum Gasteiger partial charge on any atom is 0.269 e. The van der Waals surface area contributed by atoms with Crippen molar-refractivity contribution in [3.63, 3.8) is 0 Å². The number of thiocarbonyl (C=S) groups is 1. The predicted molar refractivity (Wildman–Crippen MR) is 153 cm³/mol. The molecule has 1 amide bonds. The molecule has 0 aliphatic rings. The van der Waals surface area contributed by atoms with E-state index in [9.17, 15) is 9.59 Å². The van der Waals surface area contributed by atoms with Gasteiger partial charge in [-0.2, -0.15) is 0 Å². The van der Waals surface area contributed by atoms with E-state index < -0.39 is 5.91 Å². The Balaban J connectivity index is 1.38. The van der Waals surface area contributed by atoms with Gasteiger partial charge in [0.1, 0.15) is 11.6 Å². The number of amides is 1. The molecule has 38 heavy (non-hydrogen) atoms. The lowest BCUT2D eigenvalue weighted by Crippen LogP contribution is -2.43.